The first-order valence-corrected chi connectivity index (χ1v) is 5.24. The van der Waals surface area contributed by atoms with E-state index in [4.69, 9.17) is 4.74 Å². The second kappa shape index (κ2) is 4.02. The second-order valence-electron chi connectivity index (χ2n) is 3.80. The molecule has 0 aliphatic heterocycles. The van der Waals surface area contributed by atoms with Crippen molar-refractivity contribution in [1.82, 2.24) is 0 Å². The van der Waals surface area contributed by atoms with E-state index >= 15 is 0 Å². The molecular formula is C9H18FOP. The molecule has 0 radical (unpaired) electrons. The SMILES string of the molecule is CCCC(C)OC1CC(F)(P)C1. The summed E-state index contributed by atoms with van der Waals surface area (Å²) in [6.07, 6.45) is 3.76. The first-order valence-electron chi connectivity index (χ1n) is 4.67. The highest BCUT2D eigenvalue weighted by molar-refractivity contribution is 7.18. The first-order chi connectivity index (χ1) is 5.53. The molecule has 0 aromatic rings. The van der Waals surface area contributed by atoms with Gasteiger partial charge in [-0.05, 0) is 13.3 Å². The van der Waals surface area contributed by atoms with Crippen molar-refractivity contribution in [2.24, 2.45) is 0 Å². The fraction of sp³-hybridized carbons (Fsp3) is 1.00. The van der Waals surface area contributed by atoms with Crippen molar-refractivity contribution >= 4 is 9.24 Å². The third kappa shape index (κ3) is 2.99. The molecule has 3 heteroatoms. The van der Waals surface area contributed by atoms with Gasteiger partial charge in [0.1, 0.15) is 5.41 Å². The van der Waals surface area contributed by atoms with Gasteiger partial charge < -0.3 is 4.74 Å². The van der Waals surface area contributed by atoms with Gasteiger partial charge >= 0.3 is 0 Å². The Morgan fingerprint density at radius 2 is 2.25 bits per heavy atom. The van der Waals surface area contributed by atoms with Crippen LogP contribution >= 0.6 is 9.24 Å². The number of rotatable bonds is 4. The number of halogens is 1. The van der Waals surface area contributed by atoms with Gasteiger partial charge in [0.05, 0.1) is 12.2 Å². The van der Waals surface area contributed by atoms with Gasteiger partial charge in [0.2, 0.25) is 0 Å². The molecule has 0 heterocycles. The molecule has 1 fully saturated rings. The van der Waals surface area contributed by atoms with Crippen LogP contribution in [0.25, 0.3) is 0 Å². The van der Waals surface area contributed by atoms with E-state index in [1.165, 1.54) is 0 Å². The zero-order valence-electron chi connectivity index (χ0n) is 7.85. The fourth-order valence-electron chi connectivity index (χ4n) is 1.60. The highest BCUT2D eigenvalue weighted by Gasteiger charge is 2.41. The van der Waals surface area contributed by atoms with Crippen molar-refractivity contribution in [2.45, 2.75) is 57.1 Å². The Kier molecular flexibility index (Phi) is 3.48. The predicted octanol–water partition coefficient (Wildman–Crippen LogP) is 2.89. The largest absolute Gasteiger partial charge is 0.375 e. The van der Waals surface area contributed by atoms with Crippen LogP contribution in [0, 0.1) is 0 Å². The molecule has 2 atom stereocenters. The van der Waals surface area contributed by atoms with Crippen LogP contribution in [0.2, 0.25) is 0 Å². The first kappa shape index (κ1) is 10.4. The molecule has 1 saturated carbocycles. The van der Waals surface area contributed by atoms with Crippen LogP contribution in [0.4, 0.5) is 4.39 Å². The van der Waals surface area contributed by atoms with Crippen molar-refractivity contribution < 1.29 is 9.13 Å². The van der Waals surface area contributed by atoms with E-state index < -0.39 is 5.41 Å². The summed E-state index contributed by atoms with van der Waals surface area (Å²) in [7, 11) is 2.24. The lowest BCUT2D eigenvalue weighted by atomic mass is 9.92. The molecule has 0 aromatic carbocycles. The molecule has 0 aromatic heterocycles. The summed E-state index contributed by atoms with van der Waals surface area (Å²) in [5, 5.41) is -1.03. The fourth-order valence-corrected chi connectivity index (χ4v) is 2.12. The van der Waals surface area contributed by atoms with E-state index in [2.05, 4.69) is 23.1 Å². The molecule has 12 heavy (non-hydrogen) atoms. The van der Waals surface area contributed by atoms with Gasteiger partial charge in [-0.2, -0.15) is 0 Å². The van der Waals surface area contributed by atoms with Crippen LogP contribution in [-0.2, 0) is 4.74 Å². The highest BCUT2D eigenvalue weighted by Crippen LogP contribution is 2.43. The molecule has 0 bridgehead atoms. The lowest BCUT2D eigenvalue weighted by molar-refractivity contribution is -0.0893. The minimum Gasteiger partial charge on any atom is -0.375 e. The Morgan fingerprint density at radius 1 is 1.67 bits per heavy atom. The minimum absolute atomic E-state index is 0.161. The van der Waals surface area contributed by atoms with E-state index in [0.717, 1.165) is 12.8 Å². The maximum Gasteiger partial charge on any atom is 0.128 e. The lowest BCUT2D eigenvalue weighted by Gasteiger charge is -2.39. The van der Waals surface area contributed by atoms with Gasteiger partial charge in [-0.25, -0.2) is 4.39 Å². The van der Waals surface area contributed by atoms with Crippen LogP contribution < -0.4 is 0 Å². The van der Waals surface area contributed by atoms with Crippen molar-refractivity contribution in [2.75, 3.05) is 0 Å². The topological polar surface area (TPSA) is 9.23 Å². The van der Waals surface area contributed by atoms with Crippen molar-refractivity contribution in [3.05, 3.63) is 0 Å². The van der Waals surface area contributed by atoms with Crippen molar-refractivity contribution in [1.29, 1.82) is 0 Å². The molecule has 72 valence electrons. The molecule has 0 amide bonds. The molecule has 0 saturated heterocycles. The van der Waals surface area contributed by atoms with Gasteiger partial charge in [-0.3, -0.25) is 0 Å². The van der Waals surface area contributed by atoms with Crippen LogP contribution in [0.5, 0.6) is 0 Å². The Morgan fingerprint density at radius 3 is 2.67 bits per heavy atom. The van der Waals surface area contributed by atoms with Gasteiger partial charge in [0, 0.05) is 12.8 Å². The van der Waals surface area contributed by atoms with Gasteiger partial charge in [-0.15, -0.1) is 0 Å². The summed E-state index contributed by atoms with van der Waals surface area (Å²) in [6.45, 7) is 4.19. The Bertz CT molecular complexity index is 141. The van der Waals surface area contributed by atoms with E-state index in [0.29, 0.717) is 18.9 Å². The van der Waals surface area contributed by atoms with Crippen LogP contribution in [0.3, 0.4) is 0 Å². The summed E-state index contributed by atoms with van der Waals surface area (Å²) in [5.41, 5.74) is 0. The zero-order chi connectivity index (χ0) is 9.19. The van der Waals surface area contributed by atoms with Crippen LogP contribution in [0.15, 0.2) is 0 Å². The number of hydrogen-bond donors (Lipinski definition) is 0. The van der Waals surface area contributed by atoms with E-state index in [1.807, 2.05) is 0 Å². The summed E-state index contributed by atoms with van der Waals surface area (Å²) >= 11 is 0. The van der Waals surface area contributed by atoms with Crippen LogP contribution in [0.1, 0.15) is 39.5 Å². The Hall–Kier alpha value is 0.320. The van der Waals surface area contributed by atoms with Gasteiger partial charge in [0.15, 0.2) is 0 Å². The molecule has 0 spiro atoms. The Balaban J connectivity index is 2.10. The number of alkyl halides is 1. The van der Waals surface area contributed by atoms with E-state index in [1.54, 1.807) is 0 Å². The molecule has 1 aliphatic rings. The number of ether oxygens (including phenoxy) is 1. The molecule has 2 unspecified atom stereocenters. The molecule has 1 aliphatic carbocycles. The molecule has 1 nitrogen and oxygen atoms in total. The molecular weight excluding hydrogens is 174 g/mol. The van der Waals surface area contributed by atoms with E-state index in [9.17, 15) is 4.39 Å². The zero-order valence-corrected chi connectivity index (χ0v) is 9.00. The summed E-state index contributed by atoms with van der Waals surface area (Å²) in [4.78, 5) is 0. The van der Waals surface area contributed by atoms with E-state index in [-0.39, 0.29) is 6.10 Å². The lowest BCUT2D eigenvalue weighted by Crippen LogP contribution is -2.41. The normalized spacial score (nSPS) is 37.5. The molecule has 1 rings (SSSR count). The van der Waals surface area contributed by atoms with Gasteiger partial charge in [-0.1, -0.05) is 22.6 Å². The number of hydrogen-bond acceptors (Lipinski definition) is 1. The standard InChI is InChI=1S/C9H18FOP/c1-3-4-7(2)11-8-5-9(10,12)6-8/h7-8H,3-6,12H2,1-2H3. The van der Waals surface area contributed by atoms with Crippen molar-refractivity contribution in [3.8, 4) is 0 Å². The third-order valence-corrected chi connectivity index (χ3v) is 2.73. The second-order valence-corrected chi connectivity index (χ2v) is 4.83. The summed E-state index contributed by atoms with van der Waals surface area (Å²) in [6, 6.07) is 0. The van der Waals surface area contributed by atoms with Crippen LogP contribution in [-0.4, -0.2) is 17.6 Å². The van der Waals surface area contributed by atoms with Crippen molar-refractivity contribution in [3.63, 3.8) is 0 Å². The average Bonchev–Trinajstić information content (AvgIpc) is 1.83. The minimum atomic E-state index is -1.03. The monoisotopic (exact) mass is 192 g/mol. The maximum atomic E-state index is 13.0. The Labute approximate surface area is 76.3 Å². The maximum absolute atomic E-state index is 13.0. The smallest absolute Gasteiger partial charge is 0.128 e. The highest BCUT2D eigenvalue weighted by atomic mass is 31.0. The third-order valence-electron chi connectivity index (χ3n) is 2.25. The average molecular weight is 192 g/mol. The predicted molar refractivity (Wildman–Crippen MR) is 52.0 cm³/mol. The summed E-state index contributed by atoms with van der Waals surface area (Å²) < 4.78 is 18.6. The molecule has 0 N–H and O–H groups in total. The quantitative estimate of drug-likeness (QED) is 0.622. The van der Waals surface area contributed by atoms with Gasteiger partial charge in [0.25, 0.3) is 0 Å². The summed E-state index contributed by atoms with van der Waals surface area (Å²) in [5.74, 6) is 0.